The van der Waals surface area contributed by atoms with Crippen LogP contribution in [0, 0.1) is 0 Å². The Hall–Kier alpha value is -0.380. The first-order valence-electron chi connectivity index (χ1n) is 4.48. The zero-order valence-corrected chi connectivity index (χ0v) is 7.99. The van der Waals surface area contributed by atoms with E-state index in [4.69, 9.17) is 0 Å². The van der Waals surface area contributed by atoms with Gasteiger partial charge in [0.1, 0.15) is 0 Å². The average molecular weight is 186 g/mol. The van der Waals surface area contributed by atoms with E-state index in [0.717, 1.165) is 18.6 Å². The van der Waals surface area contributed by atoms with Crippen LogP contribution >= 0.6 is 11.8 Å². The second-order valence-electron chi connectivity index (χ2n) is 3.44. The summed E-state index contributed by atoms with van der Waals surface area (Å²) in [7, 11) is 0. The molecule has 2 aliphatic heterocycles. The van der Waals surface area contributed by atoms with Crippen molar-refractivity contribution in [1.29, 1.82) is 0 Å². The molecule has 0 spiro atoms. The van der Waals surface area contributed by atoms with Crippen molar-refractivity contribution in [3.05, 3.63) is 0 Å². The number of hydrogen-bond acceptors (Lipinski definition) is 2. The van der Waals surface area contributed by atoms with E-state index in [2.05, 4.69) is 17.6 Å². The van der Waals surface area contributed by atoms with Crippen LogP contribution in [-0.2, 0) is 0 Å². The zero-order valence-electron chi connectivity index (χ0n) is 7.17. The summed E-state index contributed by atoms with van der Waals surface area (Å²) in [6.45, 7) is 2.19. The molecular weight excluding hydrogens is 172 g/mol. The standard InChI is InChI=1S/C8H14N2OS/c1-2-7-6-3-5(4-12-7)9-8(11)10-6/h5-7H,2-4H2,1H3,(H2,9,10,11)/t5-,6-,7?/m1/s1. The summed E-state index contributed by atoms with van der Waals surface area (Å²) in [5.74, 6) is 1.09. The Morgan fingerprint density at radius 1 is 1.58 bits per heavy atom. The van der Waals surface area contributed by atoms with Gasteiger partial charge in [-0.3, -0.25) is 0 Å². The summed E-state index contributed by atoms with van der Waals surface area (Å²) in [5.41, 5.74) is 0. The number of urea groups is 1. The monoisotopic (exact) mass is 186 g/mol. The van der Waals surface area contributed by atoms with Crippen LogP contribution in [0.1, 0.15) is 19.8 Å². The van der Waals surface area contributed by atoms with Crippen LogP contribution < -0.4 is 10.6 Å². The number of nitrogens with one attached hydrogen (secondary N) is 2. The quantitative estimate of drug-likeness (QED) is 0.640. The molecule has 2 bridgehead atoms. The minimum absolute atomic E-state index is 0.0231. The maximum absolute atomic E-state index is 11.1. The van der Waals surface area contributed by atoms with Gasteiger partial charge in [0.25, 0.3) is 0 Å². The fourth-order valence-corrected chi connectivity index (χ4v) is 3.28. The molecule has 2 heterocycles. The molecule has 2 N–H and O–H groups in total. The second kappa shape index (κ2) is 3.17. The molecule has 2 aliphatic rings. The lowest BCUT2D eigenvalue weighted by Gasteiger charge is -2.40. The summed E-state index contributed by atoms with van der Waals surface area (Å²) >= 11 is 1.98. The van der Waals surface area contributed by atoms with Crippen molar-refractivity contribution >= 4 is 17.8 Å². The molecule has 3 nitrogen and oxygen atoms in total. The van der Waals surface area contributed by atoms with Crippen molar-refractivity contribution in [2.24, 2.45) is 0 Å². The van der Waals surface area contributed by atoms with Crippen LogP contribution in [0.4, 0.5) is 4.79 Å². The third-order valence-electron chi connectivity index (χ3n) is 2.55. The predicted molar refractivity (Wildman–Crippen MR) is 50.4 cm³/mol. The number of hydrogen-bond donors (Lipinski definition) is 2. The summed E-state index contributed by atoms with van der Waals surface area (Å²) in [6.07, 6.45) is 2.26. The molecule has 0 aliphatic carbocycles. The highest BCUT2D eigenvalue weighted by Crippen LogP contribution is 2.29. The van der Waals surface area contributed by atoms with Crippen LogP contribution in [0.5, 0.6) is 0 Å². The second-order valence-corrected chi connectivity index (χ2v) is 4.71. The normalized spacial score (nSPS) is 40.1. The summed E-state index contributed by atoms with van der Waals surface area (Å²) in [6, 6.07) is 0.846. The number of thioether (sulfide) groups is 1. The van der Waals surface area contributed by atoms with Gasteiger partial charge in [0.2, 0.25) is 0 Å². The molecule has 0 aromatic rings. The van der Waals surface area contributed by atoms with Gasteiger partial charge in [0.15, 0.2) is 0 Å². The smallest absolute Gasteiger partial charge is 0.315 e. The van der Waals surface area contributed by atoms with Gasteiger partial charge in [-0.25, -0.2) is 4.79 Å². The van der Waals surface area contributed by atoms with Gasteiger partial charge < -0.3 is 10.6 Å². The Bertz CT molecular complexity index is 197. The van der Waals surface area contributed by atoms with Crippen molar-refractivity contribution in [2.45, 2.75) is 37.1 Å². The lowest BCUT2D eigenvalue weighted by molar-refractivity contribution is 0.218. The molecular formula is C8H14N2OS. The first-order valence-corrected chi connectivity index (χ1v) is 5.53. The van der Waals surface area contributed by atoms with Gasteiger partial charge in [-0.2, -0.15) is 11.8 Å². The lowest BCUT2D eigenvalue weighted by atomic mass is 10.0. The topological polar surface area (TPSA) is 41.1 Å². The maximum Gasteiger partial charge on any atom is 0.315 e. The molecule has 0 radical (unpaired) electrons. The molecule has 68 valence electrons. The number of carbonyl (C=O) groups is 1. The molecule has 3 atom stereocenters. The molecule has 2 fully saturated rings. The largest absolute Gasteiger partial charge is 0.335 e. The van der Waals surface area contributed by atoms with E-state index in [9.17, 15) is 4.79 Å². The molecule has 0 aromatic carbocycles. The minimum Gasteiger partial charge on any atom is -0.335 e. The Labute approximate surface area is 76.7 Å². The molecule has 2 rings (SSSR count). The van der Waals surface area contributed by atoms with Gasteiger partial charge in [0.05, 0.1) is 0 Å². The highest BCUT2D eigenvalue weighted by molar-refractivity contribution is 8.00. The van der Waals surface area contributed by atoms with Crippen LogP contribution in [0.25, 0.3) is 0 Å². The molecule has 0 saturated carbocycles. The van der Waals surface area contributed by atoms with E-state index in [-0.39, 0.29) is 6.03 Å². The Morgan fingerprint density at radius 3 is 3.17 bits per heavy atom. The van der Waals surface area contributed by atoms with Crippen LogP contribution in [0.3, 0.4) is 0 Å². The van der Waals surface area contributed by atoms with Crippen LogP contribution in [0.2, 0.25) is 0 Å². The summed E-state index contributed by atoms with van der Waals surface area (Å²) in [5, 5.41) is 6.53. The number of carbonyl (C=O) groups excluding carboxylic acids is 1. The minimum atomic E-state index is 0.0231. The number of amides is 2. The molecule has 12 heavy (non-hydrogen) atoms. The fraction of sp³-hybridized carbons (Fsp3) is 0.875. The van der Waals surface area contributed by atoms with Crippen LogP contribution in [0.15, 0.2) is 0 Å². The molecule has 0 aromatic heterocycles. The molecule has 2 amide bonds. The van der Waals surface area contributed by atoms with Crippen molar-refractivity contribution in [2.75, 3.05) is 5.75 Å². The lowest BCUT2D eigenvalue weighted by Crippen LogP contribution is -2.60. The van der Waals surface area contributed by atoms with E-state index in [1.54, 1.807) is 0 Å². The van der Waals surface area contributed by atoms with Gasteiger partial charge in [0, 0.05) is 23.1 Å². The van der Waals surface area contributed by atoms with Gasteiger partial charge in [-0.15, -0.1) is 0 Å². The third kappa shape index (κ3) is 1.40. The zero-order chi connectivity index (χ0) is 8.55. The maximum atomic E-state index is 11.1. The van der Waals surface area contributed by atoms with Crippen molar-refractivity contribution in [3.63, 3.8) is 0 Å². The highest BCUT2D eigenvalue weighted by Gasteiger charge is 2.35. The van der Waals surface area contributed by atoms with Crippen LogP contribution in [-0.4, -0.2) is 29.1 Å². The summed E-state index contributed by atoms with van der Waals surface area (Å²) < 4.78 is 0. The molecule has 2 saturated heterocycles. The molecule has 1 unspecified atom stereocenters. The first kappa shape index (κ1) is 8.23. The Morgan fingerprint density at radius 2 is 2.42 bits per heavy atom. The Kier molecular flexibility index (Phi) is 2.17. The van der Waals surface area contributed by atoms with E-state index in [1.165, 1.54) is 0 Å². The predicted octanol–water partition coefficient (Wildman–Crippen LogP) is 0.952. The van der Waals surface area contributed by atoms with Crippen molar-refractivity contribution in [1.82, 2.24) is 10.6 Å². The van der Waals surface area contributed by atoms with Gasteiger partial charge in [-0.05, 0) is 12.8 Å². The Balaban J connectivity index is 2.04. The number of fused-ring (bicyclic) bond motifs is 2. The highest BCUT2D eigenvalue weighted by atomic mass is 32.2. The third-order valence-corrected chi connectivity index (χ3v) is 4.24. The van der Waals surface area contributed by atoms with E-state index in [0.29, 0.717) is 17.3 Å². The first-order chi connectivity index (χ1) is 5.79. The van der Waals surface area contributed by atoms with Crippen molar-refractivity contribution < 1.29 is 4.79 Å². The SMILES string of the molecule is CCC1SC[C@H]2C[C@H]1NC(=O)N2. The fourth-order valence-electron chi connectivity index (χ4n) is 1.93. The van der Waals surface area contributed by atoms with E-state index in [1.807, 2.05) is 11.8 Å². The van der Waals surface area contributed by atoms with E-state index < -0.39 is 0 Å². The van der Waals surface area contributed by atoms with Crippen molar-refractivity contribution in [3.8, 4) is 0 Å². The van der Waals surface area contributed by atoms with Gasteiger partial charge in [-0.1, -0.05) is 6.92 Å². The molecule has 4 heteroatoms. The van der Waals surface area contributed by atoms with Gasteiger partial charge >= 0.3 is 6.03 Å². The summed E-state index contributed by atoms with van der Waals surface area (Å²) in [4.78, 5) is 11.1. The van der Waals surface area contributed by atoms with E-state index >= 15 is 0 Å². The average Bonchev–Trinajstić information content (AvgIpc) is 2.04. The number of rotatable bonds is 1.